The zero-order valence-corrected chi connectivity index (χ0v) is 15.9. The highest BCUT2D eigenvalue weighted by Crippen LogP contribution is 2.28. The number of nitrogens with one attached hydrogen (secondary N) is 1. The Balaban J connectivity index is 1.60. The summed E-state index contributed by atoms with van der Waals surface area (Å²) in [6.45, 7) is 2.19. The third-order valence-corrected chi connectivity index (χ3v) is 6.21. The number of thiazole rings is 1. The molecule has 1 heterocycles. The number of sulfonamides is 1. The molecule has 136 valence electrons. The predicted octanol–water partition coefficient (Wildman–Crippen LogP) is 3.40. The largest absolute Gasteiger partial charge is 0.291 e. The van der Waals surface area contributed by atoms with Gasteiger partial charge in [0.25, 0.3) is 0 Å². The first-order valence-corrected chi connectivity index (χ1v) is 10.6. The van der Waals surface area contributed by atoms with Gasteiger partial charge in [-0.1, -0.05) is 35.6 Å². The molecule has 0 aliphatic heterocycles. The van der Waals surface area contributed by atoms with Crippen molar-refractivity contribution < 1.29 is 13.2 Å². The van der Waals surface area contributed by atoms with Gasteiger partial charge in [-0.3, -0.25) is 14.4 Å². The lowest BCUT2D eigenvalue weighted by Crippen LogP contribution is -2.25. The minimum absolute atomic E-state index is 0.0732. The minimum Gasteiger partial charge on any atom is -0.291 e. The molecule has 8 heteroatoms. The number of hydrogen-bond donors (Lipinski definition) is 1. The van der Waals surface area contributed by atoms with Crippen molar-refractivity contribution in [2.24, 2.45) is 0 Å². The minimum atomic E-state index is -3.47. The molecule has 1 aromatic heterocycles. The summed E-state index contributed by atoms with van der Waals surface area (Å²) in [5.74, 6) is -0.0732. The lowest BCUT2D eigenvalue weighted by atomic mass is 10.2. The zero-order valence-electron chi connectivity index (χ0n) is 14.3. The number of benzene rings is 2. The molecule has 0 bridgehead atoms. The van der Waals surface area contributed by atoms with E-state index in [1.807, 2.05) is 37.3 Å². The summed E-state index contributed by atoms with van der Waals surface area (Å²) in [5.41, 5.74) is 2.35. The van der Waals surface area contributed by atoms with E-state index < -0.39 is 10.0 Å². The van der Waals surface area contributed by atoms with Crippen LogP contribution in [0.5, 0.6) is 0 Å². The lowest BCUT2D eigenvalue weighted by Gasteiger charge is -2.14. The smallest absolute Gasteiger partial charge is 0.232 e. The van der Waals surface area contributed by atoms with Crippen LogP contribution < -0.4 is 9.62 Å². The van der Waals surface area contributed by atoms with Crippen LogP contribution in [0, 0.1) is 6.92 Å². The lowest BCUT2D eigenvalue weighted by molar-refractivity contribution is -0.107. The fourth-order valence-corrected chi connectivity index (χ4v) is 4.59. The highest BCUT2D eigenvalue weighted by Gasteiger charge is 2.15. The quantitative estimate of drug-likeness (QED) is 0.599. The topological polar surface area (TPSA) is 79.4 Å². The Labute approximate surface area is 156 Å². The summed E-state index contributed by atoms with van der Waals surface area (Å²) in [7, 11) is -3.47. The van der Waals surface area contributed by atoms with Gasteiger partial charge < -0.3 is 0 Å². The molecule has 0 atom stereocenters. The van der Waals surface area contributed by atoms with Gasteiger partial charge in [-0.15, -0.1) is 0 Å². The van der Waals surface area contributed by atoms with E-state index >= 15 is 0 Å². The molecule has 0 saturated carbocycles. The first-order valence-electron chi connectivity index (χ1n) is 8.11. The summed E-state index contributed by atoms with van der Waals surface area (Å²) < 4.78 is 28.0. The second-order valence-corrected chi connectivity index (χ2v) is 8.76. The third kappa shape index (κ3) is 4.59. The average Bonchev–Trinajstić information content (AvgIpc) is 3.02. The second kappa shape index (κ2) is 7.84. The number of nitrogens with zero attached hydrogens (tertiary/aromatic N) is 2. The number of amides is 1. The van der Waals surface area contributed by atoms with Crippen molar-refractivity contribution in [2.45, 2.75) is 13.3 Å². The number of carbonyl (C=O) groups is 1. The van der Waals surface area contributed by atoms with Crippen LogP contribution >= 0.6 is 11.3 Å². The van der Waals surface area contributed by atoms with Gasteiger partial charge >= 0.3 is 0 Å². The summed E-state index contributed by atoms with van der Waals surface area (Å²) in [5, 5.41) is 0.574. The Kier molecular flexibility index (Phi) is 5.53. The van der Waals surface area contributed by atoms with Crippen LogP contribution in [0.4, 0.5) is 10.8 Å². The molecule has 26 heavy (non-hydrogen) atoms. The molecule has 0 aliphatic carbocycles. The molecule has 3 aromatic rings. The summed E-state index contributed by atoms with van der Waals surface area (Å²) in [6, 6.07) is 14.8. The summed E-state index contributed by atoms with van der Waals surface area (Å²) in [4.78, 5) is 17.3. The van der Waals surface area contributed by atoms with Gasteiger partial charge in [-0.05, 0) is 43.2 Å². The molecule has 3 rings (SSSR count). The first kappa shape index (κ1) is 18.3. The van der Waals surface area contributed by atoms with E-state index in [0.29, 0.717) is 23.6 Å². The maximum Gasteiger partial charge on any atom is 0.232 e. The first-order chi connectivity index (χ1) is 12.5. The van der Waals surface area contributed by atoms with E-state index in [1.165, 1.54) is 16.2 Å². The number of anilines is 2. The van der Waals surface area contributed by atoms with Gasteiger partial charge in [0, 0.05) is 12.2 Å². The van der Waals surface area contributed by atoms with Crippen molar-refractivity contribution in [1.82, 2.24) is 4.98 Å². The number of fused-ring (bicyclic) bond motifs is 1. The maximum atomic E-state index is 12.2. The number of para-hydroxylation sites is 1. The highest BCUT2D eigenvalue weighted by atomic mass is 32.2. The van der Waals surface area contributed by atoms with Gasteiger partial charge in [0.05, 0.1) is 16.0 Å². The number of aromatic nitrogens is 1. The van der Waals surface area contributed by atoms with E-state index in [-0.39, 0.29) is 12.3 Å². The molecule has 1 amide bonds. The number of rotatable bonds is 8. The SMILES string of the molecule is Cc1cccc(NS(=O)(=O)CCCN(C=O)c2nc3ccccc3s2)c1. The standard InChI is InChI=1S/C18H19N3O3S2/c1-14-6-4-7-15(12-14)20-26(23,24)11-5-10-21(13-22)18-19-16-8-2-3-9-17(16)25-18/h2-4,6-9,12-13,20H,5,10-11H2,1H3. The van der Waals surface area contributed by atoms with Gasteiger partial charge in [-0.2, -0.15) is 0 Å². The highest BCUT2D eigenvalue weighted by molar-refractivity contribution is 7.92. The Morgan fingerprint density at radius 1 is 1.19 bits per heavy atom. The van der Waals surface area contributed by atoms with Crippen molar-refractivity contribution in [2.75, 3.05) is 21.9 Å². The van der Waals surface area contributed by atoms with E-state index in [1.54, 1.807) is 18.2 Å². The number of carbonyl (C=O) groups excluding carboxylic acids is 1. The monoisotopic (exact) mass is 389 g/mol. The van der Waals surface area contributed by atoms with Crippen LogP contribution in [0.15, 0.2) is 48.5 Å². The predicted molar refractivity (Wildman–Crippen MR) is 106 cm³/mol. The Morgan fingerprint density at radius 2 is 2.00 bits per heavy atom. The number of hydrogen-bond acceptors (Lipinski definition) is 5. The van der Waals surface area contributed by atoms with Crippen LogP contribution in [0.1, 0.15) is 12.0 Å². The number of aryl methyl sites for hydroxylation is 1. The summed E-state index contributed by atoms with van der Waals surface area (Å²) in [6.07, 6.45) is 1.01. The van der Waals surface area contributed by atoms with Crippen molar-refractivity contribution in [1.29, 1.82) is 0 Å². The molecule has 2 aromatic carbocycles. The summed E-state index contributed by atoms with van der Waals surface area (Å²) >= 11 is 1.41. The zero-order chi connectivity index (χ0) is 18.6. The fourth-order valence-electron chi connectivity index (χ4n) is 2.54. The van der Waals surface area contributed by atoms with Gasteiger partial charge in [-0.25, -0.2) is 13.4 Å². The van der Waals surface area contributed by atoms with E-state index in [4.69, 9.17) is 0 Å². The van der Waals surface area contributed by atoms with Gasteiger partial charge in [0.1, 0.15) is 0 Å². The molecule has 6 nitrogen and oxygen atoms in total. The normalized spacial score (nSPS) is 11.4. The fraction of sp³-hybridized carbons (Fsp3) is 0.222. The van der Waals surface area contributed by atoms with Crippen molar-refractivity contribution in [3.05, 3.63) is 54.1 Å². The Morgan fingerprint density at radius 3 is 2.73 bits per heavy atom. The van der Waals surface area contributed by atoms with Crippen molar-refractivity contribution in [3.8, 4) is 0 Å². The second-order valence-electron chi connectivity index (χ2n) is 5.91. The van der Waals surface area contributed by atoms with Crippen LogP contribution in [0.3, 0.4) is 0 Å². The molecule has 0 radical (unpaired) electrons. The van der Waals surface area contributed by atoms with Gasteiger partial charge in [0.2, 0.25) is 16.4 Å². The van der Waals surface area contributed by atoms with Crippen LogP contribution in [0.2, 0.25) is 0 Å². The van der Waals surface area contributed by atoms with Crippen LogP contribution in [-0.4, -0.2) is 32.1 Å². The molecule has 0 spiro atoms. The molecule has 0 unspecified atom stereocenters. The van der Waals surface area contributed by atoms with E-state index in [0.717, 1.165) is 15.8 Å². The Bertz CT molecular complexity index is 982. The third-order valence-electron chi connectivity index (χ3n) is 3.76. The Hall–Kier alpha value is -2.45. The molecular weight excluding hydrogens is 370 g/mol. The average molecular weight is 390 g/mol. The molecule has 0 fully saturated rings. The maximum absolute atomic E-state index is 12.2. The molecule has 0 aliphatic rings. The van der Waals surface area contributed by atoms with E-state index in [2.05, 4.69) is 9.71 Å². The van der Waals surface area contributed by atoms with E-state index in [9.17, 15) is 13.2 Å². The van der Waals surface area contributed by atoms with Gasteiger partial charge in [0.15, 0.2) is 5.13 Å². The van der Waals surface area contributed by atoms with Crippen molar-refractivity contribution in [3.63, 3.8) is 0 Å². The molecular formula is C18H19N3O3S2. The molecule has 1 N–H and O–H groups in total. The van der Waals surface area contributed by atoms with Crippen LogP contribution in [-0.2, 0) is 14.8 Å². The molecule has 0 saturated heterocycles. The van der Waals surface area contributed by atoms with Crippen LogP contribution in [0.25, 0.3) is 10.2 Å². The van der Waals surface area contributed by atoms with Crippen molar-refractivity contribution >= 4 is 48.8 Å².